The van der Waals surface area contributed by atoms with Crippen molar-refractivity contribution in [3.05, 3.63) is 59.8 Å². The van der Waals surface area contributed by atoms with E-state index >= 15 is 0 Å². The number of aliphatic hydroxyl groups is 1. The van der Waals surface area contributed by atoms with E-state index in [1.807, 2.05) is 6.92 Å². The molecule has 2 aliphatic rings. The number of hydrogen-bond acceptors (Lipinski definition) is 8. The number of hydrogen-bond donors (Lipinski definition) is 4. The Morgan fingerprint density at radius 3 is 2.58 bits per heavy atom. The Morgan fingerprint density at radius 1 is 1.09 bits per heavy atom. The zero-order valence-corrected chi connectivity index (χ0v) is 23.2. The van der Waals surface area contributed by atoms with Gasteiger partial charge in [-0.25, -0.2) is 9.97 Å². The van der Waals surface area contributed by atoms with Crippen LogP contribution in [0.15, 0.2) is 43.0 Å². The molecule has 2 aliphatic heterocycles. The van der Waals surface area contributed by atoms with Crippen LogP contribution in [0, 0.1) is 12.8 Å². The van der Waals surface area contributed by atoms with Gasteiger partial charge in [0.25, 0.3) is 5.91 Å². The number of benzene rings is 1. The summed E-state index contributed by atoms with van der Waals surface area (Å²) in [5, 5.41) is 21.8. The molecule has 226 valence electrons. The first-order valence-electron chi connectivity index (χ1n) is 13.9. The standard InChI is InChI=1S/C28H30F3N9O3/c1-16-10-18(36-24-25-34-15-22(40(25)5-4-33-24)21-14-35-37-23(21)28(29,30)31)2-3-20(16)27(43)39-8-6-38(7-9-39)26(42)17-11-19(41)13-32-12-17/h2-5,10,14-15,17,19,32,41H,6-9,11-13H2,1H3,(H,33,36)(H,35,37)/t17-,19-/m1/s1. The Kier molecular flexibility index (Phi) is 7.52. The highest BCUT2D eigenvalue weighted by molar-refractivity contribution is 5.96. The van der Waals surface area contributed by atoms with E-state index in [0.717, 1.165) is 5.56 Å². The van der Waals surface area contributed by atoms with E-state index in [9.17, 15) is 27.9 Å². The van der Waals surface area contributed by atoms with Gasteiger partial charge in [-0.3, -0.25) is 19.1 Å². The van der Waals surface area contributed by atoms with Gasteiger partial charge in [-0.1, -0.05) is 0 Å². The van der Waals surface area contributed by atoms with Gasteiger partial charge in [0, 0.05) is 69.1 Å². The highest BCUT2D eigenvalue weighted by Gasteiger charge is 2.37. The van der Waals surface area contributed by atoms with E-state index in [1.54, 1.807) is 28.0 Å². The minimum atomic E-state index is -4.63. The van der Waals surface area contributed by atoms with E-state index in [4.69, 9.17) is 0 Å². The van der Waals surface area contributed by atoms with Crippen LogP contribution in [0.3, 0.4) is 0 Å². The number of amides is 2. The van der Waals surface area contributed by atoms with Crippen LogP contribution in [0.5, 0.6) is 0 Å². The number of imidazole rings is 1. The number of nitrogens with zero attached hydrogens (tertiary/aromatic N) is 6. The maximum Gasteiger partial charge on any atom is 0.435 e. The number of piperazine rings is 1. The first kappa shape index (κ1) is 28.6. The lowest BCUT2D eigenvalue weighted by Gasteiger charge is -2.38. The van der Waals surface area contributed by atoms with Gasteiger partial charge in [0.1, 0.15) is 0 Å². The number of piperidine rings is 1. The second-order valence-electron chi connectivity index (χ2n) is 10.8. The molecule has 2 amide bonds. The molecule has 15 heteroatoms. The average molecular weight is 598 g/mol. The van der Waals surface area contributed by atoms with Crippen LogP contribution in [0.2, 0.25) is 0 Å². The van der Waals surface area contributed by atoms with Gasteiger partial charge < -0.3 is 25.5 Å². The van der Waals surface area contributed by atoms with Crippen LogP contribution in [0.25, 0.3) is 16.9 Å². The number of alkyl halides is 3. The zero-order chi connectivity index (χ0) is 30.3. The number of carbonyl (C=O) groups excluding carboxylic acids is 2. The Labute approximate surface area is 243 Å². The molecule has 0 saturated carbocycles. The lowest BCUT2D eigenvalue weighted by atomic mass is 9.96. The molecule has 0 unspecified atom stereocenters. The molecule has 4 aromatic rings. The van der Waals surface area contributed by atoms with Gasteiger partial charge in [0.05, 0.1) is 29.5 Å². The molecule has 5 heterocycles. The summed E-state index contributed by atoms with van der Waals surface area (Å²) >= 11 is 0. The van der Waals surface area contributed by atoms with E-state index in [1.165, 1.54) is 29.2 Å². The Bertz CT molecular complexity index is 1660. The van der Waals surface area contributed by atoms with Crippen molar-refractivity contribution in [1.82, 2.24) is 39.7 Å². The van der Waals surface area contributed by atoms with Crippen LogP contribution in [-0.4, -0.2) is 96.7 Å². The molecular formula is C28H30F3N9O3. The van der Waals surface area contributed by atoms with Crippen molar-refractivity contribution in [3.63, 3.8) is 0 Å². The van der Waals surface area contributed by atoms with Crippen molar-refractivity contribution in [2.24, 2.45) is 5.92 Å². The van der Waals surface area contributed by atoms with Crippen molar-refractivity contribution in [2.75, 3.05) is 44.6 Å². The topological polar surface area (TPSA) is 144 Å². The Hall–Kier alpha value is -4.50. The number of β-amino-alcohol motifs (C(OH)–C–C–N with tert-alkyl or cyclic N) is 1. The first-order valence-corrected chi connectivity index (χ1v) is 13.9. The zero-order valence-electron chi connectivity index (χ0n) is 23.2. The number of anilines is 2. The van der Waals surface area contributed by atoms with Crippen LogP contribution >= 0.6 is 0 Å². The number of aromatic amines is 1. The lowest BCUT2D eigenvalue weighted by molar-refractivity contribution is -0.140. The number of aromatic nitrogens is 5. The smallest absolute Gasteiger partial charge is 0.392 e. The molecule has 6 rings (SSSR count). The fourth-order valence-electron chi connectivity index (χ4n) is 5.69. The second kappa shape index (κ2) is 11.3. The fraction of sp³-hybridized carbons (Fsp3) is 0.393. The molecule has 2 atom stereocenters. The van der Waals surface area contributed by atoms with E-state index in [2.05, 4.69) is 30.8 Å². The average Bonchev–Trinajstić information content (AvgIpc) is 3.65. The second-order valence-corrected chi connectivity index (χ2v) is 10.8. The first-order chi connectivity index (χ1) is 20.6. The SMILES string of the molecule is Cc1cc(Nc2nccn3c(-c4c[nH]nc4C(F)(F)F)cnc23)ccc1C(=O)N1CCN(C(=O)[C@H]2CNC[C@H](O)C2)CC1. The number of aliphatic hydroxyl groups excluding tert-OH is 1. The molecule has 2 saturated heterocycles. The molecule has 0 bridgehead atoms. The molecule has 0 radical (unpaired) electrons. The van der Waals surface area contributed by atoms with Crippen molar-refractivity contribution in [1.29, 1.82) is 0 Å². The van der Waals surface area contributed by atoms with Gasteiger partial charge in [-0.05, 0) is 37.1 Å². The summed E-state index contributed by atoms with van der Waals surface area (Å²) in [6.45, 7) is 4.54. The summed E-state index contributed by atoms with van der Waals surface area (Å²) in [4.78, 5) is 38.3. The van der Waals surface area contributed by atoms with Crippen LogP contribution in [0.4, 0.5) is 24.7 Å². The van der Waals surface area contributed by atoms with Crippen LogP contribution in [0.1, 0.15) is 28.0 Å². The maximum atomic E-state index is 13.4. The minimum Gasteiger partial charge on any atom is -0.392 e. The number of H-pyrrole nitrogens is 1. The van der Waals surface area contributed by atoms with Crippen molar-refractivity contribution >= 4 is 29.0 Å². The maximum absolute atomic E-state index is 13.4. The van der Waals surface area contributed by atoms with E-state index < -0.39 is 18.0 Å². The summed E-state index contributed by atoms with van der Waals surface area (Å²) in [6.07, 6.45) is 0.766. The third kappa shape index (κ3) is 5.64. The molecular weight excluding hydrogens is 567 g/mol. The van der Waals surface area contributed by atoms with E-state index in [-0.39, 0.29) is 29.0 Å². The van der Waals surface area contributed by atoms with Gasteiger partial charge in [0.2, 0.25) is 5.91 Å². The third-order valence-corrected chi connectivity index (χ3v) is 7.89. The minimum absolute atomic E-state index is 0.00346. The quantitative estimate of drug-likeness (QED) is 0.275. The number of nitrogens with one attached hydrogen (secondary N) is 3. The summed E-state index contributed by atoms with van der Waals surface area (Å²) in [5.74, 6) is -0.0655. The third-order valence-electron chi connectivity index (χ3n) is 7.89. The monoisotopic (exact) mass is 597 g/mol. The van der Waals surface area contributed by atoms with E-state index in [0.29, 0.717) is 68.4 Å². The van der Waals surface area contributed by atoms with Gasteiger partial charge >= 0.3 is 6.18 Å². The molecule has 43 heavy (non-hydrogen) atoms. The summed E-state index contributed by atoms with van der Waals surface area (Å²) in [5.41, 5.74) is 1.22. The molecule has 0 spiro atoms. The molecule has 1 aromatic carbocycles. The lowest BCUT2D eigenvalue weighted by Crippen LogP contribution is -2.54. The predicted molar refractivity (Wildman–Crippen MR) is 149 cm³/mol. The van der Waals surface area contributed by atoms with Crippen molar-refractivity contribution in [2.45, 2.75) is 25.6 Å². The van der Waals surface area contributed by atoms with Gasteiger partial charge in [-0.15, -0.1) is 0 Å². The molecule has 3 aromatic heterocycles. The molecule has 2 fully saturated rings. The van der Waals surface area contributed by atoms with Gasteiger partial charge in [-0.2, -0.15) is 18.3 Å². The number of carbonyl (C=O) groups is 2. The number of aryl methyl sites for hydroxylation is 1. The molecule has 4 N–H and O–H groups in total. The molecule has 12 nitrogen and oxygen atoms in total. The van der Waals surface area contributed by atoms with Gasteiger partial charge in [0.15, 0.2) is 17.2 Å². The van der Waals surface area contributed by atoms with Crippen LogP contribution in [-0.2, 0) is 11.0 Å². The fourth-order valence-corrected chi connectivity index (χ4v) is 5.69. The highest BCUT2D eigenvalue weighted by atomic mass is 19.4. The summed E-state index contributed by atoms with van der Waals surface area (Å²) in [7, 11) is 0. The van der Waals surface area contributed by atoms with Crippen LogP contribution < -0.4 is 10.6 Å². The predicted octanol–water partition coefficient (Wildman–Crippen LogP) is 2.45. The highest BCUT2D eigenvalue weighted by Crippen LogP contribution is 2.36. The summed E-state index contributed by atoms with van der Waals surface area (Å²) < 4.78 is 41.8. The number of halogens is 3. The van der Waals surface area contributed by atoms with Crippen molar-refractivity contribution in [3.8, 4) is 11.3 Å². The largest absolute Gasteiger partial charge is 0.435 e. The number of rotatable bonds is 5. The molecule has 0 aliphatic carbocycles. The number of fused-ring (bicyclic) bond motifs is 1. The Balaban J connectivity index is 1.13. The normalized spacial score (nSPS) is 19.6. The van der Waals surface area contributed by atoms with Crippen molar-refractivity contribution < 1.29 is 27.9 Å². The Morgan fingerprint density at radius 2 is 1.86 bits per heavy atom. The summed E-state index contributed by atoms with van der Waals surface area (Å²) in [6, 6.07) is 5.24.